The Morgan fingerprint density at radius 1 is 0.492 bits per heavy atom. The summed E-state index contributed by atoms with van der Waals surface area (Å²) in [5.74, 6) is -0.787. The number of esters is 2. The largest absolute Gasteiger partial charge is 0.472 e. The van der Waals surface area contributed by atoms with Crippen molar-refractivity contribution < 1.29 is 42.1 Å². The first kappa shape index (κ1) is 59.8. The first-order valence-corrected chi connectivity index (χ1v) is 27.4. The molecule has 0 bridgehead atoms. The third kappa shape index (κ3) is 48.1. The third-order valence-electron chi connectivity index (χ3n) is 11.5. The second-order valence-electron chi connectivity index (χ2n) is 18.9. The smallest absolute Gasteiger partial charge is 0.462 e. The fourth-order valence-electron chi connectivity index (χ4n) is 7.48. The van der Waals surface area contributed by atoms with Crippen LogP contribution in [0.2, 0.25) is 0 Å². The van der Waals surface area contributed by atoms with E-state index in [0.717, 1.165) is 32.1 Å². The minimum atomic E-state index is -4.37. The maximum Gasteiger partial charge on any atom is 0.472 e. The van der Waals surface area contributed by atoms with Gasteiger partial charge in [-0.1, -0.05) is 212 Å². The predicted octanol–water partition coefficient (Wildman–Crippen LogP) is 15.3. The number of carbonyl (C=O) groups is 2. The molecule has 0 aromatic carbocycles. The zero-order valence-electron chi connectivity index (χ0n) is 40.9. The van der Waals surface area contributed by atoms with Crippen LogP contribution in [0.1, 0.15) is 251 Å². The maximum atomic E-state index is 12.7. The van der Waals surface area contributed by atoms with E-state index >= 15 is 0 Å². The first-order valence-electron chi connectivity index (χ1n) is 25.9. The van der Waals surface area contributed by atoms with Crippen molar-refractivity contribution in [3.05, 3.63) is 12.2 Å². The van der Waals surface area contributed by atoms with Gasteiger partial charge in [-0.15, -0.1) is 0 Å². The van der Waals surface area contributed by atoms with Gasteiger partial charge in [-0.05, 0) is 38.5 Å². The van der Waals surface area contributed by atoms with Gasteiger partial charge in [-0.25, -0.2) is 4.57 Å². The van der Waals surface area contributed by atoms with E-state index in [9.17, 15) is 19.0 Å². The van der Waals surface area contributed by atoms with Gasteiger partial charge in [-0.3, -0.25) is 18.6 Å². The van der Waals surface area contributed by atoms with Crippen molar-refractivity contribution in [3.8, 4) is 0 Å². The van der Waals surface area contributed by atoms with E-state index in [4.69, 9.17) is 18.5 Å². The fourth-order valence-corrected chi connectivity index (χ4v) is 8.22. The number of unbranched alkanes of at least 4 members (excludes halogenated alkanes) is 32. The standard InChI is InChI=1S/C51H100NO8P/c1-6-8-10-12-14-16-18-19-20-21-22-23-24-25-26-27-28-29-30-31-32-33-34-36-38-40-42-44-51(54)60-49(48-59-61(55,56)58-46-45-52(3,4)5)47-57-50(53)43-41-39-37-35-17-15-13-11-9-7-2/h21-22,49H,6-20,23-48H2,1-5H3/p+1/b22-21-. The molecule has 0 radical (unpaired) electrons. The van der Waals surface area contributed by atoms with Gasteiger partial charge >= 0.3 is 19.8 Å². The molecule has 0 heterocycles. The molecule has 2 unspecified atom stereocenters. The molecule has 0 rings (SSSR count). The van der Waals surface area contributed by atoms with Crippen molar-refractivity contribution in [2.45, 2.75) is 258 Å². The number of quaternary nitrogens is 1. The van der Waals surface area contributed by atoms with Crippen LogP contribution < -0.4 is 0 Å². The molecule has 0 aromatic heterocycles. The molecule has 2 atom stereocenters. The van der Waals surface area contributed by atoms with Crippen molar-refractivity contribution in [1.29, 1.82) is 0 Å². The van der Waals surface area contributed by atoms with Gasteiger partial charge in [-0.2, -0.15) is 0 Å². The second kappa shape index (κ2) is 44.0. The summed E-state index contributed by atoms with van der Waals surface area (Å²) in [4.78, 5) is 35.4. The summed E-state index contributed by atoms with van der Waals surface area (Å²) in [5, 5.41) is 0. The number of hydrogen-bond acceptors (Lipinski definition) is 7. The molecule has 0 aliphatic rings. The van der Waals surface area contributed by atoms with E-state index in [1.165, 1.54) is 186 Å². The maximum absolute atomic E-state index is 12.7. The van der Waals surface area contributed by atoms with E-state index in [0.29, 0.717) is 23.9 Å². The van der Waals surface area contributed by atoms with Crippen LogP contribution >= 0.6 is 7.82 Å². The molecule has 362 valence electrons. The molecule has 0 aromatic rings. The summed E-state index contributed by atoms with van der Waals surface area (Å²) >= 11 is 0. The van der Waals surface area contributed by atoms with E-state index in [1.54, 1.807) is 0 Å². The normalized spacial score (nSPS) is 13.5. The first-order chi connectivity index (χ1) is 29.5. The van der Waals surface area contributed by atoms with Gasteiger partial charge in [0, 0.05) is 12.8 Å². The Balaban J connectivity index is 4.05. The Kier molecular flexibility index (Phi) is 43.1. The van der Waals surface area contributed by atoms with Crippen molar-refractivity contribution in [2.75, 3.05) is 47.5 Å². The predicted molar refractivity (Wildman–Crippen MR) is 257 cm³/mol. The monoisotopic (exact) mass is 887 g/mol. The molecule has 0 aliphatic heterocycles. The summed E-state index contributed by atoms with van der Waals surface area (Å²) in [6, 6.07) is 0. The molecule has 0 saturated heterocycles. The number of rotatable bonds is 48. The Hall–Kier alpha value is -1.25. The summed E-state index contributed by atoms with van der Waals surface area (Å²) < 4.78 is 34.4. The van der Waals surface area contributed by atoms with E-state index in [2.05, 4.69) is 26.0 Å². The van der Waals surface area contributed by atoms with Gasteiger partial charge in [0.05, 0.1) is 27.7 Å². The van der Waals surface area contributed by atoms with Crippen molar-refractivity contribution in [2.24, 2.45) is 0 Å². The molecule has 61 heavy (non-hydrogen) atoms. The average Bonchev–Trinajstić information content (AvgIpc) is 3.21. The zero-order chi connectivity index (χ0) is 45.0. The van der Waals surface area contributed by atoms with Crippen molar-refractivity contribution in [1.82, 2.24) is 0 Å². The molecule has 0 spiro atoms. The number of carbonyl (C=O) groups excluding carboxylic acids is 2. The lowest BCUT2D eigenvalue weighted by Crippen LogP contribution is -2.37. The summed E-state index contributed by atoms with van der Waals surface area (Å²) in [5.41, 5.74) is 0. The van der Waals surface area contributed by atoms with E-state index in [1.807, 2.05) is 21.1 Å². The number of likely N-dealkylation sites (N-methyl/N-ethyl adjacent to an activating group) is 1. The zero-order valence-corrected chi connectivity index (χ0v) is 41.8. The molecule has 0 aliphatic carbocycles. The molecule has 0 saturated carbocycles. The second-order valence-corrected chi connectivity index (χ2v) is 20.4. The summed E-state index contributed by atoms with van der Waals surface area (Å²) in [7, 11) is 1.49. The van der Waals surface area contributed by atoms with Crippen LogP contribution in [0.15, 0.2) is 12.2 Å². The lowest BCUT2D eigenvalue weighted by molar-refractivity contribution is -0.870. The van der Waals surface area contributed by atoms with Crippen molar-refractivity contribution >= 4 is 19.8 Å². The Bertz CT molecular complexity index is 1050. The highest BCUT2D eigenvalue weighted by atomic mass is 31.2. The van der Waals surface area contributed by atoms with Gasteiger partial charge in [0.25, 0.3) is 0 Å². The van der Waals surface area contributed by atoms with Gasteiger partial charge < -0.3 is 18.9 Å². The SMILES string of the molecule is CCCCCCCCCC/C=C\CCCCCCCCCCCCCCCCCC(=O)OC(COC(=O)CCCCCCCCCCCC)COP(=O)(O)OCC[N+](C)(C)C. The lowest BCUT2D eigenvalue weighted by Gasteiger charge is -2.24. The van der Waals surface area contributed by atoms with E-state index < -0.39 is 26.5 Å². The third-order valence-corrected chi connectivity index (χ3v) is 12.5. The average molecular weight is 887 g/mol. The Morgan fingerprint density at radius 3 is 1.21 bits per heavy atom. The van der Waals surface area contributed by atoms with Crippen LogP contribution in [-0.2, 0) is 32.7 Å². The number of nitrogens with zero attached hydrogens (tertiary/aromatic N) is 1. The minimum Gasteiger partial charge on any atom is -0.462 e. The molecule has 9 nitrogen and oxygen atoms in total. The molecule has 1 N–H and O–H groups in total. The molecule has 0 amide bonds. The quantitative estimate of drug-likeness (QED) is 0.0212. The van der Waals surface area contributed by atoms with E-state index in [-0.39, 0.29) is 25.6 Å². The van der Waals surface area contributed by atoms with Crippen LogP contribution in [0.3, 0.4) is 0 Å². The minimum absolute atomic E-state index is 0.0355. The van der Waals surface area contributed by atoms with Crippen LogP contribution in [0, 0.1) is 0 Å². The molecular formula is C51H101NO8P+. The lowest BCUT2D eigenvalue weighted by atomic mass is 10.0. The number of allylic oxidation sites excluding steroid dienone is 2. The summed E-state index contributed by atoms with van der Waals surface area (Å²) in [6.07, 6.45) is 48.5. The Labute approximate surface area is 377 Å². The van der Waals surface area contributed by atoms with Gasteiger partial charge in [0.15, 0.2) is 6.10 Å². The van der Waals surface area contributed by atoms with Gasteiger partial charge in [0.1, 0.15) is 19.8 Å². The van der Waals surface area contributed by atoms with Crippen LogP contribution in [0.4, 0.5) is 0 Å². The molecule has 10 heteroatoms. The number of phosphoric acid groups is 1. The van der Waals surface area contributed by atoms with Gasteiger partial charge in [0.2, 0.25) is 0 Å². The number of phosphoric ester groups is 1. The summed E-state index contributed by atoms with van der Waals surface area (Å²) in [6.45, 7) is 4.45. The highest BCUT2D eigenvalue weighted by molar-refractivity contribution is 7.47. The highest BCUT2D eigenvalue weighted by Crippen LogP contribution is 2.43. The van der Waals surface area contributed by atoms with Crippen molar-refractivity contribution in [3.63, 3.8) is 0 Å². The van der Waals surface area contributed by atoms with Crippen LogP contribution in [-0.4, -0.2) is 74.9 Å². The Morgan fingerprint density at radius 2 is 0.836 bits per heavy atom. The molecular weight excluding hydrogens is 786 g/mol. The van der Waals surface area contributed by atoms with Crippen LogP contribution in [0.5, 0.6) is 0 Å². The topological polar surface area (TPSA) is 108 Å². The fraction of sp³-hybridized carbons (Fsp3) is 0.922. The highest BCUT2D eigenvalue weighted by Gasteiger charge is 2.27. The molecule has 0 fully saturated rings. The van der Waals surface area contributed by atoms with Crippen LogP contribution in [0.25, 0.3) is 0 Å². The number of ether oxygens (including phenoxy) is 2. The number of hydrogen-bond donors (Lipinski definition) is 1.